The summed E-state index contributed by atoms with van der Waals surface area (Å²) in [5, 5.41) is 0. The fourth-order valence-corrected chi connectivity index (χ4v) is 4.54. The van der Waals surface area contributed by atoms with Crippen LogP contribution in [-0.2, 0) is 21.2 Å². The van der Waals surface area contributed by atoms with E-state index in [0.29, 0.717) is 19.0 Å². The average Bonchev–Trinajstić information content (AvgIpc) is 3.00. The summed E-state index contributed by atoms with van der Waals surface area (Å²) in [7, 11) is -2.41. The van der Waals surface area contributed by atoms with Crippen molar-refractivity contribution in [1.29, 1.82) is 0 Å². The summed E-state index contributed by atoms with van der Waals surface area (Å²) < 4.78 is 32.2. The van der Waals surface area contributed by atoms with Crippen molar-refractivity contribution in [1.82, 2.24) is 4.72 Å². The first-order valence-electron chi connectivity index (χ1n) is 8.95. The second-order valence-corrected chi connectivity index (χ2v) is 8.41. The standard InChI is InChI=1S/C20H24N2O4S/c1-15-13-16-7-3-4-10-19(16)22(15)12-6-11-21-27(24,25)18-9-5-8-17(14-18)20(23)26-2/h3-5,7-10,14-15,21H,6,11-13H2,1-2H3. The maximum Gasteiger partial charge on any atom is 0.337 e. The van der Waals surface area contributed by atoms with Gasteiger partial charge >= 0.3 is 5.97 Å². The number of carbonyl (C=O) groups is 1. The molecule has 0 fully saturated rings. The minimum atomic E-state index is -3.67. The Kier molecular flexibility index (Phi) is 5.82. The Hall–Kier alpha value is -2.38. The Morgan fingerprint density at radius 2 is 2.00 bits per heavy atom. The molecular weight excluding hydrogens is 364 g/mol. The van der Waals surface area contributed by atoms with Crippen molar-refractivity contribution in [3.05, 3.63) is 59.7 Å². The molecule has 0 spiro atoms. The van der Waals surface area contributed by atoms with Gasteiger partial charge in [-0.1, -0.05) is 24.3 Å². The van der Waals surface area contributed by atoms with E-state index in [1.165, 1.54) is 42.6 Å². The Morgan fingerprint density at radius 1 is 1.22 bits per heavy atom. The highest BCUT2D eigenvalue weighted by Crippen LogP contribution is 2.31. The molecule has 0 aliphatic carbocycles. The van der Waals surface area contributed by atoms with Crippen LogP contribution in [-0.4, -0.2) is 40.6 Å². The number of nitrogens with one attached hydrogen (secondary N) is 1. The van der Waals surface area contributed by atoms with E-state index in [4.69, 9.17) is 0 Å². The van der Waals surface area contributed by atoms with E-state index >= 15 is 0 Å². The summed E-state index contributed by atoms with van der Waals surface area (Å²) >= 11 is 0. The summed E-state index contributed by atoms with van der Waals surface area (Å²) in [5.41, 5.74) is 2.78. The first-order chi connectivity index (χ1) is 12.9. The molecule has 6 nitrogen and oxygen atoms in total. The van der Waals surface area contributed by atoms with Crippen molar-refractivity contribution in [3.63, 3.8) is 0 Å². The third-order valence-corrected chi connectivity index (χ3v) is 6.24. The van der Waals surface area contributed by atoms with E-state index in [9.17, 15) is 13.2 Å². The molecule has 0 saturated heterocycles. The first kappa shape index (κ1) is 19.4. The number of para-hydroxylation sites is 1. The molecule has 0 radical (unpaired) electrons. The van der Waals surface area contributed by atoms with Crippen molar-refractivity contribution in [2.45, 2.75) is 30.7 Å². The fraction of sp³-hybridized carbons (Fsp3) is 0.350. The number of hydrogen-bond donors (Lipinski definition) is 1. The summed E-state index contributed by atoms with van der Waals surface area (Å²) in [6.45, 7) is 3.29. The van der Waals surface area contributed by atoms with Crippen molar-refractivity contribution in [3.8, 4) is 0 Å². The van der Waals surface area contributed by atoms with Gasteiger partial charge in [0.15, 0.2) is 0 Å². The average molecular weight is 388 g/mol. The normalized spacial score (nSPS) is 16.2. The molecule has 1 atom stereocenters. The van der Waals surface area contributed by atoms with Crippen LogP contribution in [0.15, 0.2) is 53.4 Å². The predicted molar refractivity (Wildman–Crippen MR) is 105 cm³/mol. The number of ether oxygens (including phenoxy) is 1. The van der Waals surface area contributed by atoms with Crippen molar-refractivity contribution < 1.29 is 17.9 Å². The van der Waals surface area contributed by atoms with Crippen LogP contribution in [0.1, 0.15) is 29.3 Å². The Balaban J connectivity index is 1.58. The molecular formula is C20H24N2O4S. The molecule has 3 rings (SSSR count). The minimum absolute atomic E-state index is 0.0605. The van der Waals surface area contributed by atoms with Gasteiger partial charge in [-0.3, -0.25) is 0 Å². The number of fused-ring (bicyclic) bond motifs is 1. The quantitative estimate of drug-likeness (QED) is 0.583. The Labute approximate surface area is 160 Å². The summed E-state index contributed by atoms with van der Waals surface area (Å²) in [6.07, 6.45) is 1.71. The van der Waals surface area contributed by atoms with E-state index in [2.05, 4.69) is 33.4 Å². The van der Waals surface area contributed by atoms with Gasteiger partial charge in [0, 0.05) is 24.8 Å². The van der Waals surface area contributed by atoms with Crippen molar-refractivity contribution >= 4 is 21.7 Å². The monoisotopic (exact) mass is 388 g/mol. The Bertz CT molecular complexity index is 927. The van der Waals surface area contributed by atoms with Crippen LogP contribution >= 0.6 is 0 Å². The predicted octanol–water partition coefficient (Wildman–Crippen LogP) is 2.59. The maximum atomic E-state index is 12.5. The number of methoxy groups -OCH3 is 1. The number of carbonyl (C=O) groups excluding carboxylic acids is 1. The van der Waals surface area contributed by atoms with Crippen LogP contribution in [0.5, 0.6) is 0 Å². The van der Waals surface area contributed by atoms with Crippen molar-refractivity contribution in [2.24, 2.45) is 0 Å². The molecule has 0 bridgehead atoms. The van der Waals surface area contributed by atoms with Crippen LogP contribution in [0.25, 0.3) is 0 Å². The van der Waals surface area contributed by atoms with Crippen LogP contribution in [0.4, 0.5) is 5.69 Å². The lowest BCUT2D eigenvalue weighted by molar-refractivity contribution is 0.0600. The lowest BCUT2D eigenvalue weighted by Gasteiger charge is -2.24. The second kappa shape index (κ2) is 8.10. The van der Waals surface area contributed by atoms with Gasteiger partial charge in [0.1, 0.15) is 0 Å². The number of benzene rings is 2. The van der Waals surface area contributed by atoms with E-state index < -0.39 is 16.0 Å². The number of rotatable bonds is 7. The molecule has 0 amide bonds. The third kappa shape index (κ3) is 4.31. The van der Waals surface area contributed by atoms with Gasteiger partial charge in [-0.25, -0.2) is 17.9 Å². The molecule has 1 aliphatic rings. The smallest absolute Gasteiger partial charge is 0.337 e. The zero-order valence-corrected chi connectivity index (χ0v) is 16.3. The summed E-state index contributed by atoms with van der Waals surface area (Å²) in [5.74, 6) is -0.561. The first-order valence-corrected chi connectivity index (χ1v) is 10.4. The SMILES string of the molecule is COC(=O)c1cccc(S(=O)(=O)NCCCN2c3ccccc3CC2C)c1. The van der Waals surface area contributed by atoms with Crippen LogP contribution < -0.4 is 9.62 Å². The third-order valence-electron chi connectivity index (χ3n) is 4.78. The highest BCUT2D eigenvalue weighted by Gasteiger charge is 2.25. The van der Waals surface area contributed by atoms with E-state index in [0.717, 1.165) is 13.0 Å². The molecule has 2 aromatic carbocycles. The number of anilines is 1. The summed E-state index contributed by atoms with van der Waals surface area (Å²) in [6, 6.07) is 14.6. The molecule has 1 N–H and O–H groups in total. The van der Waals surface area contributed by atoms with Gasteiger partial charge in [-0.05, 0) is 49.6 Å². The molecule has 0 saturated carbocycles. The van der Waals surface area contributed by atoms with E-state index in [-0.39, 0.29) is 10.5 Å². The highest BCUT2D eigenvalue weighted by molar-refractivity contribution is 7.89. The molecule has 7 heteroatoms. The van der Waals surface area contributed by atoms with Crippen molar-refractivity contribution in [2.75, 3.05) is 25.1 Å². The molecule has 144 valence electrons. The van der Waals surface area contributed by atoms with E-state index in [1.807, 2.05) is 12.1 Å². The summed E-state index contributed by atoms with van der Waals surface area (Å²) in [4.78, 5) is 14.0. The lowest BCUT2D eigenvalue weighted by atomic mass is 10.1. The maximum absolute atomic E-state index is 12.5. The molecule has 0 aromatic heterocycles. The van der Waals surface area contributed by atoms with Crippen LogP contribution in [0.2, 0.25) is 0 Å². The minimum Gasteiger partial charge on any atom is -0.465 e. The molecule has 1 unspecified atom stereocenters. The molecule has 1 heterocycles. The molecule has 2 aromatic rings. The highest BCUT2D eigenvalue weighted by atomic mass is 32.2. The number of nitrogens with zero attached hydrogens (tertiary/aromatic N) is 1. The zero-order valence-electron chi connectivity index (χ0n) is 15.5. The molecule has 1 aliphatic heterocycles. The number of esters is 1. The fourth-order valence-electron chi connectivity index (χ4n) is 3.42. The number of hydrogen-bond acceptors (Lipinski definition) is 5. The number of sulfonamides is 1. The molecule has 27 heavy (non-hydrogen) atoms. The zero-order chi connectivity index (χ0) is 19.4. The van der Waals surface area contributed by atoms with Gasteiger partial charge in [-0.15, -0.1) is 0 Å². The topological polar surface area (TPSA) is 75.7 Å². The van der Waals surface area contributed by atoms with E-state index in [1.54, 1.807) is 0 Å². The second-order valence-electron chi connectivity index (χ2n) is 6.65. The lowest BCUT2D eigenvalue weighted by Crippen LogP contribution is -2.33. The van der Waals surface area contributed by atoms with Gasteiger partial charge < -0.3 is 9.64 Å². The van der Waals surface area contributed by atoms with Crippen LogP contribution in [0.3, 0.4) is 0 Å². The van der Waals surface area contributed by atoms with Gasteiger partial charge in [-0.2, -0.15) is 0 Å². The van der Waals surface area contributed by atoms with Gasteiger partial charge in [0.2, 0.25) is 10.0 Å². The van der Waals surface area contributed by atoms with Gasteiger partial charge in [0.25, 0.3) is 0 Å². The van der Waals surface area contributed by atoms with Crippen LogP contribution in [0, 0.1) is 0 Å². The van der Waals surface area contributed by atoms with Gasteiger partial charge in [0.05, 0.1) is 17.6 Å². The largest absolute Gasteiger partial charge is 0.465 e. The Morgan fingerprint density at radius 3 is 2.78 bits per heavy atom.